The molecule has 2 aromatic carbocycles. The molecule has 106 valence electrons. The van der Waals surface area contributed by atoms with Crippen LogP contribution in [-0.2, 0) is 13.0 Å². The molecule has 0 aliphatic heterocycles. The highest BCUT2D eigenvalue weighted by molar-refractivity contribution is 5.39. The number of nitrogens with one attached hydrogen (secondary N) is 1. The average Bonchev–Trinajstić information content (AvgIpc) is 2.52. The van der Waals surface area contributed by atoms with Gasteiger partial charge in [-0.1, -0.05) is 30.3 Å². The number of nitro benzene ring substituents is 1. The topological polar surface area (TPSA) is 79.0 Å². The van der Waals surface area contributed by atoms with Crippen LogP contribution < -0.4 is 5.32 Å². The molecule has 5 heteroatoms. The molecule has 0 amide bonds. The number of nitriles is 1. The zero-order chi connectivity index (χ0) is 15.1. The molecule has 0 saturated heterocycles. The van der Waals surface area contributed by atoms with Gasteiger partial charge in [0.15, 0.2) is 0 Å². The molecule has 2 aromatic rings. The van der Waals surface area contributed by atoms with Gasteiger partial charge in [-0.05, 0) is 30.7 Å². The summed E-state index contributed by atoms with van der Waals surface area (Å²) in [5.41, 5.74) is 2.61. The second kappa shape index (κ2) is 7.17. The van der Waals surface area contributed by atoms with Gasteiger partial charge >= 0.3 is 0 Å². The van der Waals surface area contributed by atoms with Crippen LogP contribution >= 0.6 is 0 Å². The molecule has 0 heterocycles. The Balaban J connectivity index is 1.85. The van der Waals surface area contributed by atoms with Crippen molar-refractivity contribution in [2.45, 2.75) is 13.0 Å². The van der Waals surface area contributed by atoms with Crippen molar-refractivity contribution in [1.82, 2.24) is 5.32 Å². The monoisotopic (exact) mass is 281 g/mol. The summed E-state index contributed by atoms with van der Waals surface area (Å²) in [5.74, 6) is 0. The van der Waals surface area contributed by atoms with Crippen LogP contribution in [0, 0.1) is 21.4 Å². The second-order valence-electron chi connectivity index (χ2n) is 4.62. The minimum absolute atomic E-state index is 0.165. The van der Waals surface area contributed by atoms with Crippen LogP contribution in [0.2, 0.25) is 0 Å². The molecule has 0 fully saturated rings. The van der Waals surface area contributed by atoms with E-state index in [1.807, 2.05) is 18.2 Å². The Morgan fingerprint density at radius 3 is 2.52 bits per heavy atom. The summed E-state index contributed by atoms with van der Waals surface area (Å²) in [4.78, 5) is 10.5. The number of nitrogens with zero attached hydrogens (tertiary/aromatic N) is 2. The Kier molecular flexibility index (Phi) is 5.02. The molecule has 21 heavy (non-hydrogen) atoms. The minimum atomic E-state index is -0.351. The molecule has 0 aromatic heterocycles. The number of hydrogen-bond donors (Lipinski definition) is 1. The van der Waals surface area contributed by atoms with E-state index in [1.54, 1.807) is 24.3 Å². The number of hydrogen-bond acceptors (Lipinski definition) is 4. The first-order chi connectivity index (χ1) is 10.2. The average molecular weight is 281 g/mol. The third-order valence-electron chi connectivity index (χ3n) is 3.17. The largest absolute Gasteiger partial charge is 0.312 e. The summed E-state index contributed by atoms with van der Waals surface area (Å²) in [6.07, 6.45) is 0.605. The molecule has 5 nitrogen and oxygen atoms in total. The lowest BCUT2D eigenvalue weighted by molar-refractivity contribution is -0.385. The van der Waals surface area contributed by atoms with Crippen LogP contribution in [0.4, 0.5) is 5.69 Å². The number of nitro groups is 1. The zero-order valence-corrected chi connectivity index (χ0v) is 11.5. The van der Waals surface area contributed by atoms with E-state index in [0.717, 1.165) is 11.1 Å². The van der Waals surface area contributed by atoms with Crippen molar-refractivity contribution in [3.05, 3.63) is 75.3 Å². The summed E-state index contributed by atoms with van der Waals surface area (Å²) >= 11 is 0. The van der Waals surface area contributed by atoms with Gasteiger partial charge in [-0.2, -0.15) is 5.26 Å². The molecular formula is C16H15N3O2. The summed E-state index contributed by atoms with van der Waals surface area (Å²) in [6.45, 7) is 1.33. The fourth-order valence-electron chi connectivity index (χ4n) is 2.05. The Bertz CT molecular complexity index is 660. The van der Waals surface area contributed by atoms with Gasteiger partial charge in [0.05, 0.1) is 16.6 Å². The highest BCUT2D eigenvalue weighted by Crippen LogP contribution is 2.17. The van der Waals surface area contributed by atoms with Gasteiger partial charge in [0.2, 0.25) is 0 Å². The molecule has 0 saturated carbocycles. The van der Waals surface area contributed by atoms with E-state index in [2.05, 4.69) is 11.4 Å². The van der Waals surface area contributed by atoms with Crippen LogP contribution in [0.25, 0.3) is 0 Å². The lowest BCUT2D eigenvalue weighted by atomic mass is 10.1. The number of rotatable bonds is 6. The van der Waals surface area contributed by atoms with Gasteiger partial charge in [-0.15, -0.1) is 0 Å². The first kappa shape index (κ1) is 14.7. The van der Waals surface area contributed by atoms with Crippen LogP contribution in [-0.4, -0.2) is 11.5 Å². The van der Waals surface area contributed by atoms with Crippen molar-refractivity contribution in [2.75, 3.05) is 6.54 Å². The van der Waals surface area contributed by atoms with Crippen molar-refractivity contribution in [3.63, 3.8) is 0 Å². The predicted octanol–water partition coefficient (Wildman–Crippen LogP) is 2.80. The van der Waals surface area contributed by atoms with Crippen molar-refractivity contribution < 1.29 is 4.92 Å². The zero-order valence-electron chi connectivity index (χ0n) is 11.5. The third kappa shape index (κ3) is 4.13. The molecule has 0 spiro atoms. The highest BCUT2D eigenvalue weighted by Gasteiger charge is 2.11. The van der Waals surface area contributed by atoms with Crippen LogP contribution in [0.5, 0.6) is 0 Å². The molecule has 2 rings (SSSR count). The second-order valence-corrected chi connectivity index (χ2v) is 4.62. The lowest BCUT2D eigenvalue weighted by Crippen LogP contribution is -2.17. The molecule has 0 radical (unpaired) electrons. The maximum Gasteiger partial charge on any atom is 0.272 e. The van der Waals surface area contributed by atoms with Gasteiger partial charge in [-0.25, -0.2) is 0 Å². The Hall–Kier alpha value is -2.71. The van der Waals surface area contributed by atoms with Gasteiger partial charge < -0.3 is 5.32 Å². The van der Waals surface area contributed by atoms with Crippen LogP contribution in [0.1, 0.15) is 16.7 Å². The predicted molar refractivity (Wildman–Crippen MR) is 79.7 cm³/mol. The molecule has 0 aliphatic carbocycles. The van der Waals surface area contributed by atoms with Crippen molar-refractivity contribution in [1.29, 1.82) is 5.26 Å². The third-order valence-corrected chi connectivity index (χ3v) is 3.17. The molecular weight excluding hydrogens is 266 g/mol. The fraction of sp³-hybridized carbons (Fsp3) is 0.188. The van der Waals surface area contributed by atoms with Crippen LogP contribution in [0.3, 0.4) is 0 Å². The molecule has 0 unspecified atom stereocenters. The van der Waals surface area contributed by atoms with E-state index in [-0.39, 0.29) is 10.6 Å². The van der Waals surface area contributed by atoms with Gasteiger partial charge in [0.1, 0.15) is 0 Å². The van der Waals surface area contributed by atoms with E-state index < -0.39 is 0 Å². The summed E-state index contributed by atoms with van der Waals surface area (Å²) < 4.78 is 0. The first-order valence-electron chi connectivity index (χ1n) is 6.63. The SMILES string of the molecule is N#Cc1ccc(CNCCc2ccccc2[N+](=O)[O-])cc1. The van der Waals surface area contributed by atoms with E-state index in [0.29, 0.717) is 25.1 Å². The maximum absolute atomic E-state index is 10.9. The molecule has 1 N–H and O–H groups in total. The quantitative estimate of drug-likeness (QED) is 0.501. The summed E-state index contributed by atoms with van der Waals surface area (Å²) in [7, 11) is 0. The molecule has 0 aliphatic rings. The highest BCUT2D eigenvalue weighted by atomic mass is 16.6. The molecule has 0 atom stereocenters. The Morgan fingerprint density at radius 1 is 1.14 bits per heavy atom. The van der Waals surface area contributed by atoms with Gasteiger partial charge in [0, 0.05) is 18.2 Å². The van der Waals surface area contributed by atoms with E-state index in [4.69, 9.17) is 5.26 Å². The van der Waals surface area contributed by atoms with E-state index in [9.17, 15) is 10.1 Å². The maximum atomic E-state index is 10.9. The molecule has 0 bridgehead atoms. The standard InChI is InChI=1S/C16H15N3O2/c17-11-13-5-7-14(8-6-13)12-18-10-9-15-3-1-2-4-16(15)19(20)21/h1-8,18H,9-10,12H2. The number of benzene rings is 2. The van der Waals surface area contributed by atoms with Gasteiger partial charge in [0.25, 0.3) is 5.69 Å². The van der Waals surface area contributed by atoms with Crippen molar-refractivity contribution >= 4 is 5.69 Å². The van der Waals surface area contributed by atoms with Crippen molar-refractivity contribution in [2.24, 2.45) is 0 Å². The Morgan fingerprint density at radius 2 is 1.86 bits per heavy atom. The van der Waals surface area contributed by atoms with Crippen molar-refractivity contribution in [3.8, 4) is 6.07 Å². The lowest BCUT2D eigenvalue weighted by Gasteiger charge is -2.06. The first-order valence-corrected chi connectivity index (χ1v) is 6.63. The normalized spacial score (nSPS) is 10.0. The van der Waals surface area contributed by atoms with Gasteiger partial charge in [-0.3, -0.25) is 10.1 Å². The summed E-state index contributed by atoms with van der Waals surface area (Å²) in [5, 5.41) is 22.9. The number of para-hydroxylation sites is 1. The smallest absolute Gasteiger partial charge is 0.272 e. The van der Waals surface area contributed by atoms with E-state index >= 15 is 0 Å². The van der Waals surface area contributed by atoms with Crippen LogP contribution in [0.15, 0.2) is 48.5 Å². The van der Waals surface area contributed by atoms with E-state index in [1.165, 1.54) is 6.07 Å². The fourth-order valence-corrected chi connectivity index (χ4v) is 2.05. The Labute approximate surface area is 123 Å². The minimum Gasteiger partial charge on any atom is -0.312 e. The summed E-state index contributed by atoms with van der Waals surface area (Å²) in [6, 6.07) is 16.2.